The van der Waals surface area contributed by atoms with Crippen molar-refractivity contribution in [1.29, 1.82) is 0 Å². The van der Waals surface area contributed by atoms with Crippen molar-refractivity contribution in [3.8, 4) is 11.5 Å². The Morgan fingerprint density at radius 1 is 0.938 bits per heavy atom. The maximum Gasteiger partial charge on any atom is 0.128 e. The molecule has 0 amide bonds. The molecule has 2 aromatic rings. The Morgan fingerprint density at radius 3 is 2.44 bits per heavy atom. The summed E-state index contributed by atoms with van der Waals surface area (Å²) >= 11 is 0. The average molecular weight is 212 g/mol. The molecule has 0 aliphatic rings. The Labute approximate surface area is 94.2 Å². The van der Waals surface area contributed by atoms with E-state index in [9.17, 15) is 0 Å². The smallest absolute Gasteiger partial charge is 0.128 e. The van der Waals surface area contributed by atoms with Crippen molar-refractivity contribution in [3.05, 3.63) is 60.2 Å². The lowest BCUT2D eigenvalue weighted by molar-refractivity contribution is 0.482. The van der Waals surface area contributed by atoms with Crippen LogP contribution in [0.2, 0.25) is 0 Å². The molecule has 0 aromatic heterocycles. The molecule has 0 spiro atoms. The highest BCUT2D eigenvalue weighted by molar-refractivity contribution is 5.79. The van der Waals surface area contributed by atoms with Crippen LogP contribution in [0.3, 0.4) is 0 Å². The van der Waals surface area contributed by atoms with E-state index in [-0.39, 0.29) is 0 Å². The summed E-state index contributed by atoms with van der Waals surface area (Å²) in [4.78, 5) is 0. The third kappa shape index (κ3) is 2.60. The van der Waals surface area contributed by atoms with Crippen molar-refractivity contribution in [3.63, 3.8) is 0 Å². The van der Waals surface area contributed by atoms with E-state index in [1.54, 1.807) is 6.21 Å². The first-order valence-corrected chi connectivity index (χ1v) is 4.95. The molecule has 0 radical (unpaired) electrons. The van der Waals surface area contributed by atoms with E-state index < -0.39 is 0 Å². The molecule has 0 atom stereocenters. The Bertz CT molecular complexity index is 480. The predicted molar refractivity (Wildman–Crippen MR) is 64.7 cm³/mol. The summed E-state index contributed by atoms with van der Waals surface area (Å²) in [5, 5.41) is 3.47. The number of hydrogen-bond donors (Lipinski definition) is 1. The van der Waals surface area contributed by atoms with Gasteiger partial charge in [-0.3, -0.25) is 0 Å². The van der Waals surface area contributed by atoms with E-state index in [1.165, 1.54) is 0 Å². The minimum Gasteiger partial charge on any atom is -0.457 e. The maximum atomic E-state index is 5.66. The summed E-state index contributed by atoms with van der Waals surface area (Å²) in [5.41, 5.74) is 0.913. The van der Waals surface area contributed by atoms with Crippen LogP contribution in [0.4, 0.5) is 0 Å². The van der Waals surface area contributed by atoms with E-state index in [1.807, 2.05) is 54.6 Å². The summed E-state index contributed by atoms with van der Waals surface area (Å²) in [6, 6.07) is 17.2. The Kier molecular flexibility index (Phi) is 3.18. The van der Waals surface area contributed by atoms with Crippen molar-refractivity contribution in [2.75, 3.05) is 0 Å². The van der Waals surface area contributed by atoms with E-state index in [2.05, 4.69) is 5.10 Å². The second-order valence-electron chi connectivity index (χ2n) is 3.27. The number of rotatable bonds is 3. The van der Waals surface area contributed by atoms with Gasteiger partial charge >= 0.3 is 0 Å². The van der Waals surface area contributed by atoms with Crippen LogP contribution in [0.1, 0.15) is 5.56 Å². The largest absolute Gasteiger partial charge is 0.457 e. The molecule has 0 fully saturated rings. The van der Waals surface area contributed by atoms with E-state index >= 15 is 0 Å². The van der Waals surface area contributed by atoms with Gasteiger partial charge in [-0.25, -0.2) is 0 Å². The zero-order valence-corrected chi connectivity index (χ0v) is 8.71. The van der Waals surface area contributed by atoms with Crippen molar-refractivity contribution in [2.45, 2.75) is 0 Å². The number of benzene rings is 2. The molecule has 0 aliphatic heterocycles. The Hall–Kier alpha value is -2.29. The first kappa shape index (κ1) is 10.2. The normalized spacial score (nSPS) is 10.5. The molecule has 2 N–H and O–H groups in total. The van der Waals surface area contributed by atoms with Crippen LogP contribution >= 0.6 is 0 Å². The van der Waals surface area contributed by atoms with Gasteiger partial charge in [0, 0.05) is 0 Å². The molecule has 0 bridgehead atoms. The second-order valence-corrected chi connectivity index (χ2v) is 3.27. The van der Waals surface area contributed by atoms with Gasteiger partial charge in [-0.15, -0.1) is 0 Å². The topological polar surface area (TPSA) is 47.6 Å². The standard InChI is InChI=1S/C13H12N2O/c14-15-10-11-5-4-8-13(9-11)16-12-6-2-1-3-7-12/h1-10H,14H2/b15-10-. The fourth-order valence-corrected chi connectivity index (χ4v) is 1.37. The molecule has 3 nitrogen and oxygen atoms in total. The van der Waals surface area contributed by atoms with Crippen LogP contribution in [0.15, 0.2) is 59.7 Å². The van der Waals surface area contributed by atoms with Gasteiger partial charge in [0.05, 0.1) is 6.21 Å². The quantitative estimate of drug-likeness (QED) is 0.483. The molecule has 2 rings (SSSR count). The monoisotopic (exact) mass is 212 g/mol. The fraction of sp³-hybridized carbons (Fsp3) is 0. The molecule has 2 aromatic carbocycles. The first-order valence-electron chi connectivity index (χ1n) is 4.95. The third-order valence-electron chi connectivity index (χ3n) is 2.06. The summed E-state index contributed by atoms with van der Waals surface area (Å²) in [5.74, 6) is 6.67. The molecule has 16 heavy (non-hydrogen) atoms. The van der Waals surface area contributed by atoms with Crippen LogP contribution in [0.25, 0.3) is 0 Å². The molecule has 0 aliphatic carbocycles. The van der Waals surface area contributed by atoms with Gasteiger partial charge < -0.3 is 10.6 Å². The van der Waals surface area contributed by atoms with Gasteiger partial charge in [-0.05, 0) is 29.8 Å². The molecule has 0 heterocycles. The van der Waals surface area contributed by atoms with Crippen molar-refractivity contribution < 1.29 is 4.74 Å². The number of nitrogens with two attached hydrogens (primary N) is 1. The summed E-state index contributed by atoms with van der Waals surface area (Å²) in [6.45, 7) is 0. The van der Waals surface area contributed by atoms with Gasteiger partial charge in [0.25, 0.3) is 0 Å². The van der Waals surface area contributed by atoms with E-state index in [0.29, 0.717) is 0 Å². The number of hydrazone groups is 1. The van der Waals surface area contributed by atoms with Crippen molar-refractivity contribution in [1.82, 2.24) is 0 Å². The second kappa shape index (κ2) is 4.98. The summed E-state index contributed by atoms with van der Waals surface area (Å²) < 4.78 is 5.66. The van der Waals surface area contributed by atoms with Crippen molar-refractivity contribution >= 4 is 6.21 Å². The lowest BCUT2D eigenvalue weighted by atomic mass is 10.2. The van der Waals surface area contributed by atoms with E-state index in [0.717, 1.165) is 17.1 Å². The van der Waals surface area contributed by atoms with Gasteiger partial charge in [0.2, 0.25) is 0 Å². The van der Waals surface area contributed by atoms with Crippen LogP contribution in [-0.4, -0.2) is 6.21 Å². The molecule has 0 saturated carbocycles. The summed E-state index contributed by atoms with van der Waals surface area (Å²) in [6.07, 6.45) is 1.58. The van der Waals surface area contributed by atoms with Crippen LogP contribution in [-0.2, 0) is 0 Å². The molecule has 3 heteroatoms. The van der Waals surface area contributed by atoms with Gasteiger partial charge in [0.1, 0.15) is 11.5 Å². The number of hydrogen-bond acceptors (Lipinski definition) is 3. The number of para-hydroxylation sites is 1. The molecule has 0 unspecified atom stereocenters. The highest BCUT2D eigenvalue weighted by atomic mass is 16.5. The van der Waals surface area contributed by atoms with Gasteiger partial charge in [0.15, 0.2) is 0 Å². The summed E-state index contributed by atoms with van der Waals surface area (Å²) in [7, 11) is 0. The van der Waals surface area contributed by atoms with Crippen LogP contribution in [0.5, 0.6) is 11.5 Å². The highest BCUT2D eigenvalue weighted by Crippen LogP contribution is 2.21. The molecular formula is C13H12N2O. The first-order chi connectivity index (χ1) is 7.88. The SMILES string of the molecule is N/N=C\c1cccc(Oc2ccccc2)c1. The minimum absolute atomic E-state index is 0.767. The Morgan fingerprint density at radius 2 is 1.69 bits per heavy atom. The fourth-order valence-electron chi connectivity index (χ4n) is 1.37. The van der Waals surface area contributed by atoms with E-state index in [4.69, 9.17) is 10.6 Å². The average Bonchev–Trinajstić information content (AvgIpc) is 2.31. The zero-order chi connectivity index (χ0) is 11.2. The highest BCUT2D eigenvalue weighted by Gasteiger charge is 1.96. The third-order valence-corrected chi connectivity index (χ3v) is 2.06. The molecule has 80 valence electrons. The molecular weight excluding hydrogens is 200 g/mol. The van der Waals surface area contributed by atoms with Gasteiger partial charge in [-0.1, -0.05) is 30.3 Å². The predicted octanol–water partition coefficient (Wildman–Crippen LogP) is 2.77. The lowest BCUT2D eigenvalue weighted by Gasteiger charge is -2.05. The zero-order valence-electron chi connectivity index (χ0n) is 8.71. The van der Waals surface area contributed by atoms with Crippen molar-refractivity contribution in [2.24, 2.45) is 10.9 Å². The number of ether oxygens (including phenoxy) is 1. The van der Waals surface area contributed by atoms with Crippen LogP contribution in [0, 0.1) is 0 Å². The lowest BCUT2D eigenvalue weighted by Crippen LogP contribution is -1.88. The maximum absolute atomic E-state index is 5.66. The minimum atomic E-state index is 0.767. The molecule has 0 saturated heterocycles. The van der Waals surface area contributed by atoms with Crippen LogP contribution < -0.4 is 10.6 Å². The number of nitrogens with zero attached hydrogens (tertiary/aromatic N) is 1. The van der Waals surface area contributed by atoms with Gasteiger partial charge in [-0.2, -0.15) is 5.10 Å². The Balaban J connectivity index is 2.19.